The average molecular weight is 481 g/mol. The second-order valence-electron chi connectivity index (χ2n) is 8.23. The molecule has 2 heterocycles. The smallest absolute Gasteiger partial charge is 0.287 e. The molecular weight excluding hydrogens is 456 g/mol. The number of aromatic nitrogens is 2. The van der Waals surface area contributed by atoms with Crippen molar-refractivity contribution in [3.8, 4) is 0 Å². The van der Waals surface area contributed by atoms with Gasteiger partial charge in [-0.1, -0.05) is 23.7 Å². The number of halogens is 1. The van der Waals surface area contributed by atoms with Crippen molar-refractivity contribution in [2.75, 3.05) is 25.4 Å². The fraction of sp³-hybridized carbons (Fsp3) is 0.476. The molecule has 0 spiro atoms. The van der Waals surface area contributed by atoms with Crippen LogP contribution in [0.3, 0.4) is 0 Å². The molecule has 2 aromatic rings. The molecule has 1 aromatic carbocycles. The zero-order chi connectivity index (χ0) is 22.9. The van der Waals surface area contributed by atoms with Gasteiger partial charge in [0.1, 0.15) is 5.69 Å². The summed E-state index contributed by atoms with van der Waals surface area (Å²) in [6.45, 7) is 0.907. The van der Waals surface area contributed by atoms with Crippen molar-refractivity contribution >= 4 is 33.3 Å². The number of fused-ring (bicyclic) bond motifs is 1. The monoisotopic (exact) mass is 480 g/mol. The number of benzene rings is 1. The number of rotatable bonds is 9. The van der Waals surface area contributed by atoms with Gasteiger partial charge in [-0.05, 0) is 37.0 Å². The van der Waals surface area contributed by atoms with Crippen LogP contribution in [0.1, 0.15) is 45.9 Å². The van der Waals surface area contributed by atoms with E-state index in [0.29, 0.717) is 37.5 Å². The molecule has 0 unspecified atom stereocenters. The highest BCUT2D eigenvalue weighted by atomic mass is 35.5. The lowest BCUT2D eigenvalue weighted by molar-refractivity contribution is 0.0698. The van der Waals surface area contributed by atoms with E-state index in [9.17, 15) is 18.0 Å². The highest BCUT2D eigenvalue weighted by Gasteiger charge is 2.55. The average Bonchev–Trinajstić information content (AvgIpc) is 3.44. The van der Waals surface area contributed by atoms with Crippen LogP contribution >= 0.6 is 11.6 Å². The summed E-state index contributed by atoms with van der Waals surface area (Å²) in [7, 11) is -3.40. The molecule has 0 radical (unpaired) electrons. The maximum absolute atomic E-state index is 13.0. The lowest BCUT2D eigenvalue weighted by Gasteiger charge is -2.31. The molecule has 1 aliphatic carbocycles. The quantitative estimate of drug-likeness (QED) is 0.557. The zero-order valence-corrected chi connectivity index (χ0v) is 19.0. The lowest BCUT2D eigenvalue weighted by Crippen LogP contribution is -2.47. The van der Waals surface area contributed by atoms with Gasteiger partial charge in [0.25, 0.3) is 11.8 Å². The van der Waals surface area contributed by atoms with Gasteiger partial charge in [-0.25, -0.2) is 13.4 Å². The van der Waals surface area contributed by atoms with Crippen molar-refractivity contribution in [3.63, 3.8) is 0 Å². The Kier molecular flexibility index (Phi) is 6.28. The molecule has 172 valence electrons. The summed E-state index contributed by atoms with van der Waals surface area (Å²) in [5, 5.41) is 12.4. The molecule has 11 heteroatoms. The van der Waals surface area contributed by atoms with Gasteiger partial charge in [0, 0.05) is 37.8 Å². The van der Waals surface area contributed by atoms with Crippen LogP contribution in [-0.2, 0) is 22.9 Å². The Morgan fingerprint density at radius 1 is 1.22 bits per heavy atom. The van der Waals surface area contributed by atoms with Crippen molar-refractivity contribution < 1.29 is 23.1 Å². The third-order valence-corrected chi connectivity index (χ3v) is 8.98. The third-order valence-electron chi connectivity index (χ3n) is 6.04. The molecular formula is C21H25ClN4O5S. The molecule has 0 saturated heterocycles. The molecule has 0 bridgehead atoms. The van der Waals surface area contributed by atoms with Gasteiger partial charge in [-0.3, -0.25) is 9.59 Å². The van der Waals surface area contributed by atoms with E-state index in [4.69, 9.17) is 16.7 Å². The molecule has 2 amide bonds. The molecule has 1 fully saturated rings. The number of carbonyl (C=O) groups is 2. The first-order valence-electron chi connectivity index (χ1n) is 10.5. The summed E-state index contributed by atoms with van der Waals surface area (Å²) in [6, 6.07) is 7.11. The Labute approximate surface area is 191 Å². The van der Waals surface area contributed by atoms with Gasteiger partial charge in [-0.2, -0.15) is 0 Å². The lowest BCUT2D eigenvalue weighted by atomic mass is 10.2. The van der Waals surface area contributed by atoms with E-state index in [1.54, 1.807) is 16.7 Å². The number of aliphatic hydroxyl groups excluding tert-OH is 1. The largest absolute Gasteiger partial charge is 0.396 e. The van der Waals surface area contributed by atoms with Crippen molar-refractivity contribution in [3.05, 3.63) is 52.6 Å². The molecule has 1 aromatic heterocycles. The number of nitrogens with one attached hydrogen (secondary N) is 1. The van der Waals surface area contributed by atoms with E-state index in [-0.39, 0.29) is 42.8 Å². The van der Waals surface area contributed by atoms with Crippen LogP contribution in [0.5, 0.6) is 0 Å². The number of nitrogens with zero attached hydrogens (tertiary/aromatic N) is 3. The fourth-order valence-corrected chi connectivity index (χ4v) is 6.12. The number of sulfone groups is 1. The maximum Gasteiger partial charge on any atom is 0.287 e. The Morgan fingerprint density at radius 2 is 1.94 bits per heavy atom. The van der Waals surface area contributed by atoms with E-state index in [1.165, 1.54) is 11.1 Å². The molecule has 32 heavy (non-hydrogen) atoms. The molecule has 9 nitrogen and oxygen atoms in total. The summed E-state index contributed by atoms with van der Waals surface area (Å²) < 4.78 is 26.0. The van der Waals surface area contributed by atoms with Crippen molar-refractivity contribution in [2.45, 2.75) is 37.1 Å². The number of aliphatic hydroxyl groups is 1. The predicted octanol–water partition coefficient (Wildman–Crippen LogP) is 1.25. The van der Waals surface area contributed by atoms with Gasteiger partial charge in [0.05, 0.1) is 16.7 Å². The molecule has 0 atom stereocenters. The molecule has 4 rings (SSSR count). The van der Waals surface area contributed by atoms with Crippen molar-refractivity contribution in [1.29, 1.82) is 0 Å². The second-order valence-corrected chi connectivity index (χ2v) is 11.2. The van der Waals surface area contributed by atoms with Crippen LogP contribution in [-0.4, -0.2) is 70.0 Å². The molecule has 1 saturated carbocycles. The summed E-state index contributed by atoms with van der Waals surface area (Å²) >= 11 is 5.87. The van der Waals surface area contributed by atoms with E-state index in [1.807, 2.05) is 12.1 Å². The molecule has 2 N–H and O–H groups in total. The minimum Gasteiger partial charge on any atom is -0.396 e. The van der Waals surface area contributed by atoms with Crippen LogP contribution in [0.2, 0.25) is 5.02 Å². The zero-order valence-electron chi connectivity index (χ0n) is 17.5. The van der Waals surface area contributed by atoms with Crippen LogP contribution in [0.4, 0.5) is 0 Å². The third kappa shape index (κ3) is 4.39. The van der Waals surface area contributed by atoms with Gasteiger partial charge < -0.3 is 19.9 Å². The Bertz CT molecular complexity index is 1130. The summed E-state index contributed by atoms with van der Waals surface area (Å²) in [5.41, 5.74) is 1.16. The number of hydrogen-bond donors (Lipinski definition) is 2. The SMILES string of the molecule is O=C(NCc1ccc(Cl)cc1)c1ncc2n1CCN(CC1(S(=O)(=O)CCCO)CC1)C2=O. The highest BCUT2D eigenvalue weighted by Crippen LogP contribution is 2.45. The minimum atomic E-state index is -3.40. The summed E-state index contributed by atoms with van der Waals surface area (Å²) in [5.74, 6) is -0.651. The first-order chi connectivity index (χ1) is 15.3. The van der Waals surface area contributed by atoms with E-state index >= 15 is 0 Å². The van der Waals surface area contributed by atoms with E-state index in [0.717, 1.165) is 5.56 Å². The first-order valence-corrected chi connectivity index (χ1v) is 12.5. The second kappa shape index (κ2) is 8.84. The highest BCUT2D eigenvalue weighted by molar-refractivity contribution is 7.93. The predicted molar refractivity (Wildman–Crippen MR) is 118 cm³/mol. The van der Waals surface area contributed by atoms with Gasteiger partial charge in [0.2, 0.25) is 0 Å². The maximum atomic E-state index is 13.0. The van der Waals surface area contributed by atoms with Crippen molar-refractivity contribution in [1.82, 2.24) is 19.8 Å². The van der Waals surface area contributed by atoms with E-state index in [2.05, 4.69) is 10.3 Å². The Morgan fingerprint density at radius 3 is 2.59 bits per heavy atom. The summed E-state index contributed by atoms with van der Waals surface area (Å²) in [6.07, 6.45) is 2.59. The number of hydrogen-bond acceptors (Lipinski definition) is 6. The number of imidazole rings is 1. The minimum absolute atomic E-state index is 0.0819. The normalized spacial score (nSPS) is 17.2. The van der Waals surface area contributed by atoms with Gasteiger partial charge in [0.15, 0.2) is 15.7 Å². The van der Waals surface area contributed by atoms with Crippen molar-refractivity contribution in [2.24, 2.45) is 0 Å². The van der Waals surface area contributed by atoms with Crippen LogP contribution in [0.15, 0.2) is 30.5 Å². The van der Waals surface area contributed by atoms with E-state index < -0.39 is 20.5 Å². The molecule has 2 aliphatic rings. The summed E-state index contributed by atoms with van der Waals surface area (Å²) in [4.78, 5) is 31.3. The van der Waals surface area contributed by atoms with Crippen LogP contribution in [0.25, 0.3) is 0 Å². The standard InChI is InChI=1S/C21H25ClN4O5S/c22-16-4-2-15(3-5-16)12-24-19(28)18-23-13-17-20(29)25(8-9-26(17)18)14-21(6-7-21)32(30,31)11-1-10-27/h2-5,13,27H,1,6-12,14H2,(H,24,28). The number of carbonyl (C=O) groups excluding carboxylic acids is 2. The number of amides is 2. The van der Waals surface area contributed by atoms with Crippen LogP contribution in [0, 0.1) is 0 Å². The fourth-order valence-electron chi connectivity index (χ4n) is 3.98. The Hall–Kier alpha value is -2.43. The molecule has 1 aliphatic heterocycles. The first kappa shape index (κ1) is 22.8. The topological polar surface area (TPSA) is 122 Å². The van der Waals surface area contributed by atoms with Crippen LogP contribution < -0.4 is 5.32 Å². The van der Waals surface area contributed by atoms with Gasteiger partial charge in [-0.15, -0.1) is 0 Å². The van der Waals surface area contributed by atoms with Gasteiger partial charge >= 0.3 is 0 Å². The Balaban J connectivity index is 1.42.